The summed E-state index contributed by atoms with van der Waals surface area (Å²) in [6, 6.07) is 17.7. The highest BCUT2D eigenvalue weighted by molar-refractivity contribution is 5.97. The number of benzene rings is 2. The van der Waals surface area contributed by atoms with E-state index >= 15 is 0 Å². The SMILES string of the molecule is COc1ccccc1C1CCN(CC(=O)c2ccccc2)C1. The third-order valence-corrected chi connectivity index (χ3v) is 4.31. The number of para-hydroxylation sites is 1. The van der Waals surface area contributed by atoms with Crippen LogP contribution in [0.25, 0.3) is 0 Å². The highest BCUT2D eigenvalue weighted by Crippen LogP contribution is 2.33. The average Bonchev–Trinajstić information content (AvgIpc) is 3.04. The normalized spacial score (nSPS) is 18.3. The summed E-state index contributed by atoms with van der Waals surface area (Å²) in [5.41, 5.74) is 2.04. The third-order valence-electron chi connectivity index (χ3n) is 4.31. The van der Waals surface area contributed by atoms with E-state index in [4.69, 9.17) is 4.74 Å². The zero-order valence-electron chi connectivity index (χ0n) is 12.9. The van der Waals surface area contributed by atoms with Gasteiger partial charge in [0.15, 0.2) is 5.78 Å². The van der Waals surface area contributed by atoms with Crippen LogP contribution in [0.15, 0.2) is 54.6 Å². The summed E-state index contributed by atoms with van der Waals surface area (Å²) in [7, 11) is 1.71. The molecule has 0 N–H and O–H groups in total. The topological polar surface area (TPSA) is 29.5 Å². The molecule has 0 bridgehead atoms. The summed E-state index contributed by atoms with van der Waals surface area (Å²) >= 11 is 0. The average molecular weight is 295 g/mol. The first-order chi connectivity index (χ1) is 10.8. The molecule has 1 saturated heterocycles. The van der Waals surface area contributed by atoms with E-state index in [2.05, 4.69) is 17.0 Å². The van der Waals surface area contributed by atoms with E-state index in [1.54, 1.807) is 7.11 Å². The number of ketones is 1. The molecule has 22 heavy (non-hydrogen) atoms. The van der Waals surface area contributed by atoms with Crippen LogP contribution in [-0.4, -0.2) is 37.4 Å². The van der Waals surface area contributed by atoms with Crippen LogP contribution in [0.2, 0.25) is 0 Å². The Bertz CT molecular complexity index is 639. The van der Waals surface area contributed by atoms with Crippen LogP contribution in [-0.2, 0) is 0 Å². The van der Waals surface area contributed by atoms with Crippen molar-refractivity contribution in [2.75, 3.05) is 26.7 Å². The molecule has 114 valence electrons. The van der Waals surface area contributed by atoms with Crippen molar-refractivity contribution in [3.8, 4) is 5.75 Å². The summed E-state index contributed by atoms with van der Waals surface area (Å²) < 4.78 is 5.46. The van der Waals surface area contributed by atoms with Crippen molar-refractivity contribution in [2.45, 2.75) is 12.3 Å². The summed E-state index contributed by atoms with van der Waals surface area (Å²) in [4.78, 5) is 14.5. The molecule has 2 aromatic rings. The Hall–Kier alpha value is -2.13. The van der Waals surface area contributed by atoms with Crippen molar-refractivity contribution in [2.24, 2.45) is 0 Å². The molecule has 3 rings (SSSR count). The van der Waals surface area contributed by atoms with E-state index in [0.717, 1.165) is 30.8 Å². The molecule has 1 atom stereocenters. The second-order valence-corrected chi connectivity index (χ2v) is 5.75. The Morgan fingerprint density at radius 2 is 1.86 bits per heavy atom. The van der Waals surface area contributed by atoms with E-state index in [1.807, 2.05) is 42.5 Å². The number of nitrogens with zero attached hydrogens (tertiary/aromatic N) is 1. The Balaban J connectivity index is 1.64. The first-order valence-electron chi connectivity index (χ1n) is 7.71. The fraction of sp³-hybridized carbons (Fsp3) is 0.316. The molecule has 1 aliphatic rings. The molecule has 0 radical (unpaired) electrons. The number of hydrogen-bond donors (Lipinski definition) is 0. The highest BCUT2D eigenvalue weighted by Gasteiger charge is 2.27. The van der Waals surface area contributed by atoms with Gasteiger partial charge in [0.1, 0.15) is 5.75 Å². The Morgan fingerprint density at radius 3 is 2.64 bits per heavy atom. The van der Waals surface area contributed by atoms with Crippen molar-refractivity contribution >= 4 is 5.78 Å². The summed E-state index contributed by atoms with van der Waals surface area (Å²) in [5.74, 6) is 1.59. The minimum atomic E-state index is 0.196. The lowest BCUT2D eigenvalue weighted by Gasteiger charge is -2.17. The number of rotatable bonds is 5. The predicted molar refractivity (Wildman–Crippen MR) is 87.6 cm³/mol. The van der Waals surface area contributed by atoms with Gasteiger partial charge in [0.05, 0.1) is 13.7 Å². The van der Waals surface area contributed by atoms with Gasteiger partial charge in [0.2, 0.25) is 0 Å². The van der Waals surface area contributed by atoms with Crippen LogP contribution in [0.5, 0.6) is 5.75 Å². The van der Waals surface area contributed by atoms with Crippen LogP contribution < -0.4 is 4.74 Å². The smallest absolute Gasteiger partial charge is 0.176 e. The molecule has 0 amide bonds. The molecule has 1 heterocycles. The van der Waals surface area contributed by atoms with Crippen LogP contribution >= 0.6 is 0 Å². The quantitative estimate of drug-likeness (QED) is 0.792. The van der Waals surface area contributed by atoms with E-state index in [0.29, 0.717) is 12.5 Å². The number of ether oxygens (including phenoxy) is 1. The summed E-state index contributed by atoms with van der Waals surface area (Å²) in [5, 5.41) is 0. The van der Waals surface area contributed by atoms with Gasteiger partial charge in [0.25, 0.3) is 0 Å². The van der Waals surface area contributed by atoms with Crippen molar-refractivity contribution in [3.05, 3.63) is 65.7 Å². The highest BCUT2D eigenvalue weighted by atomic mass is 16.5. The molecule has 1 unspecified atom stereocenters. The van der Waals surface area contributed by atoms with Crippen molar-refractivity contribution in [1.82, 2.24) is 4.90 Å². The number of Topliss-reactive ketones (excluding diaryl/α,β-unsaturated/α-hetero) is 1. The standard InChI is InChI=1S/C19H21NO2/c1-22-19-10-6-5-9-17(19)16-11-12-20(13-16)14-18(21)15-7-3-2-4-8-15/h2-10,16H,11-14H2,1H3. The van der Waals surface area contributed by atoms with Gasteiger partial charge in [-0.2, -0.15) is 0 Å². The second-order valence-electron chi connectivity index (χ2n) is 5.75. The lowest BCUT2D eigenvalue weighted by atomic mass is 9.97. The fourth-order valence-electron chi connectivity index (χ4n) is 3.15. The van der Waals surface area contributed by atoms with E-state index in [-0.39, 0.29) is 5.78 Å². The lowest BCUT2D eigenvalue weighted by Crippen LogP contribution is -2.27. The number of methoxy groups -OCH3 is 1. The second kappa shape index (κ2) is 6.75. The van der Waals surface area contributed by atoms with Crippen LogP contribution in [0.3, 0.4) is 0 Å². The molecule has 3 heteroatoms. The maximum Gasteiger partial charge on any atom is 0.176 e. The Morgan fingerprint density at radius 1 is 1.14 bits per heavy atom. The van der Waals surface area contributed by atoms with Crippen molar-refractivity contribution in [1.29, 1.82) is 0 Å². The minimum absolute atomic E-state index is 0.196. The van der Waals surface area contributed by atoms with Crippen LogP contribution in [0, 0.1) is 0 Å². The molecule has 2 aromatic carbocycles. The maximum absolute atomic E-state index is 12.3. The first-order valence-corrected chi connectivity index (χ1v) is 7.71. The molecule has 0 spiro atoms. The van der Waals surface area contributed by atoms with E-state index < -0.39 is 0 Å². The van der Waals surface area contributed by atoms with Gasteiger partial charge in [-0.1, -0.05) is 48.5 Å². The zero-order valence-corrected chi connectivity index (χ0v) is 12.9. The molecule has 0 saturated carbocycles. The van der Waals surface area contributed by atoms with Gasteiger partial charge in [-0.05, 0) is 24.6 Å². The maximum atomic E-state index is 12.3. The van der Waals surface area contributed by atoms with Gasteiger partial charge < -0.3 is 4.74 Å². The van der Waals surface area contributed by atoms with Crippen molar-refractivity contribution < 1.29 is 9.53 Å². The number of likely N-dealkylation sites (tertiary alicyclic amines) is 1. The fourth-order valence-corrected chi connectivity index (χ4v) is 3.15. The zero-order chi connectivity index (χ0) is 15.4. The summed E-state index contributed by atoms with van der Waals surface area (Å²) in [6.07, 6.45) is 1.07. The summed E-state index contributed by atoms with van der Waals surface area (Å²) in [6.45, 7) is 2.37. The molecule has 0 aromatic heterocycles. The van der Waals surface area contributed by atoms with Crippen molar-refractivity contribution in [3.63, 3.8) is 0 Å². The molecule has 1 aliphatic heterocycles. The number of hydrogen-bond acceptors (Lipinski definition) is 3. The van der Waals surface area contributed by atoms with Crippen LogP contribution in [0.4, 0.5) is 0 Å². The van der Waals surface area contributed by atoms with Crippen LogP contribution in [0.1, 0.15) is 28.3 Å². The molecule has 1 fully saturated rings. The molecular weight excluding hydrogens is 274 g/mol. The lowest BCUT2D eigenvalue weighted by molar-refractivity contribution is 0.0944. The minimum Gasteiger partial charge on any atom is -0.496 e. The Kier molecular flexibility index (Phi) is 4.54. The van der Waals surface area contributed by atoms with E-state index in [9.17, 15) is 4.79 Å². The van der Waals surface area contributed by atoms with Gasteiger partial charge >= 0.3 is 0 Å². The molecule has 0 aliphatic carbocycles. The molecule has 3 nitrogen and oxygen atoms in total. The third kappa shape index (κ3) is 3.20. The predicted octanol–water partition coefficient (Wildman–Crippen LogP) is 3.37. The largest absolute Gasteiger partial charge is 0.496 e. The molecular formula is C19H21NO2. The van der Waals surface area contributed by atoms with Gasteiger partial charge in [-0.3, -0.25) is 9.69 Å². The number of carbonyl (C=O) groups is 1. The van der Waals surface area contributed by atoms with Gasteiger partial charge in [-0.15, -0.1) is 0 Å². The first kappa shape index (κ1) is 14.8. The van der Waals surface area contributed by atoms with Gasteiger partial charge in [0, 0.05) is 18.0 Å². The van der Waals surface area contributed by atoms with Gasteiger partial charge in [-0.25, -0.2) is 0 Å². The number of carbonyl (C=O) groups excluding carboxylic acids is 1. The van der Waals surface area contributed by atoms with E-state index in [1.165, 1.54) is 5.56 Å². The Labute approximate surface area is 131 Å². The monoisotopic (exact) mass is 295 g/mol.